The van der Waals surface area contributed by atoms with Crippen LogP contribution in [0.3, 0.4) is 0 Å². The lowest BCUT2D eigenvalue weighted by molar-refractivity contribution is 0.172. The third kappa shape index (κ3) is 4.12. The highest BCUT2D eigenvalue weighted by Crippen LogP contribution is 2.41. The molecule has 0 heterocycles. The molecular formula is C13H28N2. The van der Waals surface area contributed by atoms with Gasteiger partial charge in [0.1, 0.15) is 0 Å². The third-order valence-corrected chi connectivity index (χ3v) is 3.94. The number of nitrogens with zero attached hydrogens (tertiary/aromatic N) is 1. The average Bonchev–Trinajstić information content (AvgIpc) is 2.67. The summed E-state index contributed by atoms with van der Waals surface area (Å²) in [6, 6.07) is 0. The Kier molecular flexibility index (Phi) is 5.62. The lowest BCUT2D eigenvalue weighted by Gasteiger charge is -2.32. The summed E-state index contributed by atoms with van der Waals surface area (Å²) in [7, 11) is 2.27. The van der Waals surface area contributed by atoms with Crippen molar-refractivity contribution in [3.8, 4) is 0 Å². The van der Waals surface area contributed by atoms with E-state index in [2.05, 4.69) is 31.1 Å². The zero-order chi connectivity index (χ0) is 11.1. The van der Waals surface area contributed by atoms with Crippen LogP contribution in [0.25, 0.3) is 0 Å². The molecule has 0 bridgehead atoms. The Morgan fingerprint density at radius 3 is 2.40 bits per heavy atom. The van der Waals surface area contributed by atoms with Gasteiger partial charge < -0.3 is 10.2 Å². The Labute approximate surface area is 95.4 Å². The van der Waals surface area contributed by atoms with Crippen LogP contribution in [0.2, 0.25) is 0 Å². The molecule has 0 aromatic rings. The minimum absolute atomic E-state index is 0.654. The molecule has 0 saturated heterocycles. The van der Waals surface area contributed by atoms with Crippen molar-refractivity contribution in [3.63, 3.8) is 0 Å². The van der Waals surface area contributed by atoms with Gasteiger partial charge in [0.05, 0.1) is 0 Å². The zero-order valence-electron chi connectivity index (χ0n) is 10.8. The molecule has 0 amide bonds. The predicted molar refractivity (Wildman–Crippen MR) is 67.2 cm³/mol. The van der Waals surface area contributed by atoms with Crippen LogP contribution in [0.1, 0.15) is 46.0 Å². The quantitative estimate of drug-likeness (QED) is 0.652. The van der Waals surface area contributed by atoms with E-state index in [0.29, 0.717) is 5.41 Å². The molecular weight excluding hydrogens is 184 g/mol. The van der Waals surface area contributed by atoms with Crippen molar-refractivity contribution in [1.82, 2.24) is 10.2 Å². The standard InChI is InChI=1S/C13H28N2/c1-4-13(8-6-7-9-13)12-15(3)11-10-14-5-2/h14H,4-12H2,1-3H3. The predicted octanol–water partition coefficient (Wildman–Crippen LogP) is 2.50. The molecule has 1 fully saturated rings. The van der Waals surface area contributed by atoms with Crippen LogP contribution < -0.4 is 5.32 Å². The first kappa shape index (κ1) is 13.0. The second-order valence-electron chi connectivity index (χ2n) is 5.15. The molecule has 15 heavy (non-hydrogen) atoms. The Balaban J connectivity index is 2.25. The van der Waals surface area contributed by atoms with E-state index in [9.17, 15) is 0 Å². The maximum atomic E-state index is 3.39. The molecule has 0 atom stereocenters. The van der Waals surface area contributed by atoms with E-state index in [1.165, 1.54) is 45.2 Å². The van der Waals surface area contributed by atoms with Gasteiger partial charge in [-0.15, -0.1) is 0 Å². The number of rotatable bonds is 7. The van der Waals surface area contributed by atoms with Gasteiger partial charge in [-0.05, 0) is 38.3 Å². The molecule has 0 spiro atoms. The van der Waals surface area contributed by atoms with Gasteiger partial charge in [0.15, 0.2) is 0 Å². The van der Waals surface area contributed by atoms with Gasteiger partial charge in [-0.25, -0.2) is 0 Å². The maximum Gasteiger partial charge on any atom is 0.0104 e. The lowest BCUT2D eigenvalue weighted by Crippen LogP contribution is -2.37. The molecule has 0 aliphatic heterocycles. The Hall–Kier alpha value is -0.0800. The van der Waals surface area contributed by atoms with Gasteiger partial charge in [0.2, 0.25) is 0 Å². The summed E-state index contributed by atoms with van der Waals surface area (Å²) in [5.74, 6) is 0. The number of hydrogen-bond acceptors (Lipinski definition) is 2. The van der Waals surface area contributed by atoms with Crippen molar-refractivity contribution in [3.05, 3.63) is 0 Å². The normalized spacial score (nSPS) is 20.0. The SMILES string of the molecule is CCNCCN(C)CC1(CC)CCCC1. The van der Waals surface area contributed by atoms with Crippen LogP contribution in [0, 0.1) is 5.41 Å². The van der Waals surface area contributed by atoms with E-state index < -0.39 is 0 Å². The largest absolute Gasteiger partial charge is 0.316 e. The fourth-order valence-corrected chi connectivity index (χ4v) is 2.85. The fourth-order valence-electron chi connectivity index (χ4n) is 2.85. The minimum atomic E-state index is 0.654. The lowest BCUT2D eigenvalue weighted by atomic mass is 9.83. The van der Waals surface area contributed by atoms with Crippen molar-refractivity contribution in [1.29, 1.82) is 0 Å². The second-order valence-corrected chi connectivity index (χ2v) is 5.15. The number of likely N-dealkylation sites (N-methyl/N-ethyl adjacent to an activating group) is 2. The fraction of sp³-hybridized carbons (Fsp3) is 1.00. The molecule has 0 radical (unpaired) electrons. The van der Waals surface area contributed by atoms with Gasteiger partial charge in [-0.1, -0.05) is 26.7 Å². The van der Waals surface area contributed by atoms with Gasteiger partial charge in [0.25, 0.3) is 0 Å². The van der Waals surface area contributed by atoms with E-state index in [0.717, 1.165) is 13.1 Å². The summed E-state index contributed by atoms with van der Waals surface area (Å²) in [5.41, 5.74) is 0.654. The second kappa shape index (κ2) is 6.49. The van der Waals surface area contributed by atoms with Crippen LogP contribution in [-0.2, 0) is 0 Å². The zero-order valence-corrected chi connectivity index (χ0v) is 10.8. The van der Waals surface area contributed by atoms with Crippen molar-refractivity contribution in [2.24, 2.45) is 5.41 Å². The molecule has 1 aliphatic carbocycles. The molecule has 1 rings (SSSR count). The summed E-state index contributed by atoms with van der Waals surface area (Å²) in [6.45, 7) is 9.25. The molecule has 1 aliphatic rings. The van der Waals surface area contributed by atoms with Crippen LogP contribution in [0.4, 0.5) is 0 Å². The Morgan fingerprint density at radius 2 is 1.87 bits per heavy atom. The van der Waals surface area contributed by atoms with Crippen LogP contribution in [0.15, 0.2) is 0 Å². The summed E-state index contributed by atoms with van der Waals surface area (Å²) < 4.78 is 0. The molecule has 2 heteroatoms. The highest BCUT2D eigenvalue weighted by molar-refractivity contribution is 4.85. The topological polar surface area (TPSA) is 15.3 Å². The van der Waals surface area contributed by atoms with E-state index >= 15 is 0 Å². The smallest absolute Gasteiger partial charge is 0.0104 e. The summed E-state index contributed by atoms with van der Waals surface area (Å²) in [4.78, 5) is 2.51. The van der Waals surface area contributed by atoms with E-state index in [1.54, 1.807) is 0 Å². The van der Waals surface area contributed by atoms with Crippen LogP contribution in [0.5, 0.6) is 0 Å². The summed E-state index contributed by atoms with van der Waals surface area (Å²) in [6.07, 6.45) is 7.17. The van der Waals surface area contributed by atoms with Gasteiger partial charge >= 0.3 is 0 Å². The van der Waals surface area contributed by atoms with E-state index in [4.69, 9.17) is 0 Å². The molecule has 1 N–H and O–H groups in total. The Morgan fingerprint density at radius 1 is 1.20 bits per heavy atom. The summed E-state index contributed by atoms with van der Waals surface area (Å²) >= 11 is 0. The van der Waals surface area contributed by atoms with E-state index in [-0.39, 0.29) is 0 Å². The van der Waals surface area contributed by atoms with E-state index in [1.807, 2.05) is 0 Å². The van der Waals surface area contributed by atoms with Crippen LogP contribution >= 0.6 is 0 Å². The monoisotopic (exact) mass is 212 g/mol. The number of nitrogens with one attached hydrogen (secondary N) is 1. The van der Waals surface area contributed by atoms with Gasteiger partial charge in [-0.2, -0.15) is 0 Å². The molecule has 0 aromatic heterocycles. The third-order valence-electron chi connectivity index (χ3n) is 3.94. The maximum absolute atomic E-state index is 3.39. The molecule has 2 nitrogen and oxygen atoms in total. The van der Waals surface area contributed by atoms with Crippen LogP contribution in [-0.4, -0.2) is 38.1 Å². The highest BCUT2D eigenvalue weighted by Gasteiger charge is 2.32. The van der Waals surface area contributed by atoms with Crippen molar-refractivity contribution >= 4 is 0 Å². The van der Waals surface area contributed by atoms with Gasteiger partial charge in [-0.3, -0.25) is 0 Å². The first-order valence-corrected chi connectivity index (χ1v) is 6.62. The van der Waals surface area contributed by atoms with Crippen molar-refractivity contribution < 1.29 is 0 Å². The van der Waals surface area contributed by atoms with Crippen molar-refractivity contribution in [2.45, 2.75) is 46.0 Å². The first-order valence-electron chi connectivity index (χ1n) is 6.62. The molecule has 0 unspecified atom stereocenters. The summed E-state index contributed by atoms with van der Waals surface area (Å²) in [5, 5.41) is 3.39. The number of hydrogen-bond donors (Lipinski definition) is 1. The highest BCUT2D eigenvalue weighted by atomic mass is 15.1. The van der Waals surface area contributed by atoms with Crippen molar-refractivity contribution in [2.75, 3.05) is 33.2 Å². The molecule has 0 aromatic carbocycles. The minimum Gasteiger partial charge on any atom is -0.316 e. The Bertz CT molecular complexity index is 162. The first-order chi connectivity index (χ1) is 7.22. The van der Waals surface area contributed by atoms with Gasteiger partial charge in [0, 0.05) is 19.6 Å². The molecule has 1 saturated carbocycles. The average molecular weight is 212 g/mol. The molecule has 90 valence electrons.